The van der Waals surface area contributed by atoms with Gasteiger partial charge in [-0.1, -0.05) is 30.3 Å². The van der Waals surface area contributed by atoms with E-state index in [9.17, 15) is 9.59 Å². The number of carbonyl (C=O) groups is 2. The summed E-state index contributed by atoms with van der Waals surface area (Å²) in [5.41, 5.74) is 1.47. The molecule has 1 aromatic carbocycles. The zero-order valence-corrected chi connectivity index (χ0v) is 16.7. The van der Waals surface area contributed by atoms with Crippen LogP contribution in [-0.4, -0.2) is 42.6 Å². The molecule has 2 aliphatic rings. The Morgan fingerprint density at radius 3 is 2.93 bits per heavy atom. The van der Waals surface area contributed by atoms with Crippen LogP contribution in [0.15, 0.2) is 35.7 Å². The average molecular weight is 400 g/mol. The summed E-state index contributed by atoms with van der Waals surface area (Å²) in [6, 6.07) is 10.0. The van der Waals surface area contributed by atoms with Crippen LogP contribution in [0.4, 0.5) is 0 Å². The number of rotatable bonds is 5. The highest BCUT2D eigenvalue weighted by molar-refractivity contribution is 7.13. The highest BCUT2D eigenvalue weighted by Crippen LogP contribution is 2.35. The van der Waals surface area contributed by atoms with Gasteiger partial charge < -0.3 is 15.4 Å². The molecular formula is C21H25N3O3S. The predicted molar refractivity (Wildman–Crippen MR) is 108 cm³/mol. The van der Waals surface area contributed by atoms with Crippen LogP contribution in [0, 0.1) is 11.8 Å². The van der Waals surface area contributed by atoms with Crippen LogP contribution in [0.3, 0.4) is 0 Å². The molecule has 0 spiro atoms. The summed E-state index contributed by atoms with van der Waals surface area (Å²) in [4.78, 5) is 29.2. The molecule has 2 aromatic rings. The fourth-order valence-corrected chi connectivity index (χ4v) is 5.26. The van der Waals surface area contributed by atoms with Crippen molar-refractivity contribution in [1.82, 2.24) is 15.6 Å². The van der Waals surface area contributed by atoms with E-state index < -0.39 is 0 Å². The monoisotopic (exact) mass is 399 g/mol. The Kier molecular flexibility index (Phi) is 5.73. The standard InChI is InChI=1S/C21H25N3O3S/c1-27-11-14-9-19(25)23-17-10-15(7-8-16(14)17)22-20(26)18-12-28-21(24-18)13-5-3-2-4-6-13/h2-6,12,14-17H,7-11H2,1H3,(H,22,26)(H,23,25). The predicted octanol–water partition coefficient (Wildman–Crippen LogP) is 2.86. The summed E-state index contributed by atoms with van der Waals surface area (Å²) < 4.78 is 5.31. The Morgan fingerprint density at radius 1 is 1.32 bits per heavy atom. The van der Waals surface area contributed by atoms with Gasteiger partial charge in [-0.15, -0.1) is 11.3 Å². The Hall–Kier alpha value is -2.25. The fraction of sp³-hybridized carbons (Fsp3) is 0.476. The van der Waals surface area contributed by atoms with E-state index >= 15 is 0 Å². The van der Waals surface area contributed by atoms with Crippen molar-refractivity contribution in [2.75, 3.05) is 13.7 Å². The molecule has 1 saturated heterocycles. The number of amides is 2. The molecule has 2 fully saturated rings. The lowest BCUT2D eigenvalue weighted by molar-refractivity contribution is -0.128. The summed E-state index contributed by atoms with van der Waals surface area (Å²) in [5.74, 6) is 0.641. The molecule has 7 heteroatoms. The van der Waals surface area contributed by atoms with Crippen LogP contribution in [0.5, 0.6) is 0 Å². The number of hydrogen-bond acceptors (Lipinski definition) is 5. The van der Waals surface area contributed by atoms with E-state index in [4.69, 9.17) is 4.74 Å². The van der Waals surface area contributed by atoms with Crippen molar-refractivity contribution < 1.29 is 14.3 Å². The first kappa shape index (κ1) is 19.1. The fourth-order valence-electron chi connectivity index (χ4n) is 4.46. The minimum atomic E-state index is -0.141. The van der Waals surface area contributed by atoms with Gasteiger partial charge >= 0.3 is 0 Å². The molecule has 1 aliphatic heterocycles. The highest BCUT2D eigenvalue weighted by Gasteiger charge is 2.41. The molecule has 1 aliphatic carbocycles. The molecular weight excluding hydrogens is 374 g/mol. The van der Waals surface area contributed by atoms with E-state index in [1.807, 2.05) is 30.3 Å². The van der Waals surface area contributed by atoms with Crippen molar-refractivity contribution in [1.29, 1.82) is 0 Å². The lowest BCUT2D eigenvalue weighted by Crippen LogP contribution is -2.56. The molecule has 148 valence electrons. The zero-order chi connectivity index (χ0) is 19.5. The number of hydrogen-bond donors (Lipinski definition) is 2. The van der Waals surface area contributed by atoms with Crippen LogP contribution in [0.1, 0.15) is 36.2 Å². The first-order valence-corrected chi connectivity index (χ1v) is 10.6. The van der Waals surface area contributed by atoms with Gasteiger partial charge in [0.15, 0.2) is 0 Å². The summed E-state index contributed by atoms with van der Waals surface area (Å²) in [6.45, 7) is 0.618. The van der Waals surface area contributed by atoms with Gasteiger partial charge in [0, 0.05) is 43.2 Å². The Morgan fingerprint density at radius 2 is 2.14 bits per heavy atom. The van der Waals surface area contributed by atoms with Crippen molar-refractivity contribution in [2.45, 2.75) is 37.8 Å². The van der Waals surface area contributed by atoms with Crippen molar-refractivity contribution >= 4 is 23.2 Å². The number of piperidine rings is 1. The average Bonchev–Trinajstić information content (AvgIpc) is 3.19. The Bertz CT molecular complexity index is 838. The Labute approximate surface area is 168 Å². The normalized spacial score (nSPS) is 27.0. The SMILES string of the molecule is COCC1CC(=O)NC2CC(NC(=O)c3csc(-c4ccccc4)n3)CCC12. The van der Waals surface area contributed by atoms with E-state index in [2.05, 4.69) is 15.6 Å². The van der Waals surface area contributed by atoms with Crippen molar-refractivity contribution in [3.05, 3.63) is 41.4 Å². The molecule has 1 aromatic heterocycles. The first-order valence-electron chi connectivity index (χ1n) is 9.74. The number of benzene rings is 1. The molecule has 2 heterocycles. The van der Waals surface area contributed by atoms with Crippen LogP contribution in [-0.2, 0) is 9.53 Å². The van der Waals surface area contributed by atoms with Crippen molar-refractivity contribution in [3.8, 4) is 10.6 Å². The van der Waals surface area contributed by atoms with E-state index in [1.54, 1.807) is 12.5 Å². The molecule has 4 atom stereocenters. The second kappa shape index (κ2) is 8.41. The minimum absolute atomic E-state index is 0.0530. The maximum absolute atomic E-state index is 12.7. The second-order valence-corrected chi connectivity index (χ2v) is 8.50. The molecule has 6 nitrogen and oxygen atoms in total. The number of methoxy groups -OCH3 is 1. The van der Waals surface area contributed by atoms with Crippen LogP contribution in [0.25, 0.3) is 10.6 Å². The van der Waals surface area contributed by atoms with Gasteiger partial charge in [0.05, 0.1) is 0 Å². The van der Waals surface area contributed by atoms with E-state index in [0.29, 0.717) is 24.6 Å². The number of carbonyl (C=O) groups excluding carboxylic acids is 2. The van der Waals surface area contributed by atoms with Crippen molar-refractivity contribution in [2.24, 2.45) is 11.8 Å². The summed E-state index contributed by atoms with van der Waals surface area (Å²) >= 11 is 1.47. The van der Waals surface area contributed by atoms with E-state index in [0.717, 1.165) is 29.8 Å². The van der Waals surface area contributed by atoms with Gasteiger partial charge in [0.2, 0.25) is 5.91 Å². The third kappa shape index (κ3) is 4.10. The van der Waals surface area contributed by atoms with E-state index in [-0.39, 0.29) is 29.8 Å². The molecule has 28 heavy (non-hydrogen) atoms. The summed E-state index contributed by atoms with van der Waals surface area (Å²) in [7, 11) is 1.69. The molecule has 2 N–H and O–H groups in total. The van der Waals surface area contributed by atoms with Gasteiger partial charge in [-0.05, 0) is 31.1 Å². The number of nitrogens with zero attached hydrogens (tertiary/aromatic N) is 1. The van der Waals surface area contributed by atoms with E-state index in [1.165, 1.54) is 11.3 Å². The number of fused-ring (bicyclic) bond motifs is 1. The number of ether oxygens (including phenoxy) is 1. The molecule has 0 bridgehead atoms. The van der Waals surface area contributed by atoms with Crippen molar-refractivity contribution in [3.63, 3.8) is 0 Å². The van der Waals surface area contributed by atoms with Crippen LogP contribution < -0.4 is 10.6 Å². The lowest BCUT2D eigenvalue weighted by atomic mass is 9.71. The van der Waals surface area contributed by atoms with Gasteiger partial charge in [-0.25, -0.2) is 4.98 Å². The largest absolute Gasteiger partial charge is 0.384 e. The van der Waals surface area contributed by atoms with Gasteiger partial charge in [0.1, 0.15) is 10.7 Å². The molecule has 0 radical (unpaired) electrons. The Balaban J connectivity index is 1.38. The molecule has 2 amide bonds. The number of aromatic nitrogens is 1. The minimum Gasteiger partial charge on any atom is -0.384 e. The summed E-state index contributed by atoms with van der Waals surface area (Å²) in [6.07, 6.45) is 3.19. The summed E-state index contributed by atoms with van der Waals surface area (Å²) in [5, 5.41) is 8.88. The number of thiazole rings is 1. The second-order valence-electron chi connectivity index (χ2n) is 7.64. The molecule has 1 saturated carbocycles. The van der Waals surface area contributed by atoms with Crippen LogP contribution in [0.2, 0.25) is 0 Å². The van der Waals surface area contributed by atoms with Crippen LogP contribution >= 0.6 is 11.3 Å². The van der Waals surface area contributed by atoms with Gasteiger partial charge in [0.25, 0.3) is 5.91 Å². The third-order valence-corrected chi connectivity index (χ3v) is 6.67. The third-order valence-electron chi connectivity index (χ3n) is 5.78. The van der Waals surface area contributed by atoms with Gasteiger partial charge in [-0.2, -0.15) is 0 Å². The maximum Gasteiger partial charge on any atom is 0.270 e. The maximum atomic E-state index is 12.7. The van der Waals surface area contributed by atoms with Gasteiger partial charge in [-0.3, -0.25) is 9.59 Å². The molecule has 4 unspecified atom stereocenters. The first-order chi connectivity index (χ1) is 13.6. The zero-order valence-electron chi connectivity index (χ0n) is 15.9. The topological polar surface area (TPSA) is 80.3 Å². The number of nitrogens with one attached hydrogen (secondary N) is 2. The quantitative estimate of drug-likeness (QED) is 0.810. The molecule has 4 rings (SSSR count). The smallest absolute Gasteiger partial charge is 0.270 e. The highest BCUT2D eigenvalue weighted by atomic mass is 32.1. The lowest BCUT2D eigenvalue weighted by Gasteiger charge is -2.43.